The monoisotopic (exact) mass is 392 g/mol. The summed E-state index contributed by atoms with van der Waals surface area (Å²) >= 11 is 0. The number of pyridine rings is 1. The molecule has 3 aromatic rings. The molecule has 5 heterocycles. The van der Waals surface area contributed by atoms with E-state index in [1.54, 1.807) is 0 Å². The molecule has 0 aliphatic carbocycles. The fraction of sp³-hybridized carbons (Fsp3) is 0.524. The van der Waals surface area contributed by atoms with Crippen LogP contribution in [-0.4, -0.2) is 51.3 Å². The molecule has 3 N–H and O–H groups in total. The number of fused-ring (bicyclic) bond motifs is 2. The Labute approximate surface area is 170 Å². The lowest BCUT2D eigenvalue weighted by Crippen LogP contribution is -2.42. The molecule has 2 aliphatic rings. The van der Waals surface area contributed by atoms with E-state index in [1.165, 1.54) is 0 Å². The Bertz CT molecular complexity index is 1020. The summed E-state index contributed by atoms with van der Waals surface area (Å²) in [6, 6.07) is 4.09. The van der Waals surface area contributed by atoms with Crippen molar-refractivity contribution < 1.29 is 0 Å². The minimum Gasteiger partial charge on any atom is -0.355 e. The number of aromatic nitrogens is 5. The summed E-state index contributed by atoms with van der Waals surface area (Å²) in [5, 5.41) is 7.68. The molecular formula is C21H28N8. The highest BCUT2D eigenvalue weighted by Gasteiger charge is 2.30. The van der Waals surface area contributed by atoms with E-state index in [0.717, 1.165) is 79.6 Å². The Balaban J connectivity index is 1.45. The average Bonchev–Trinajstić information content (AvgIpc) is 3.18. The van der Waals surface area contributed by atoms with E-state index in [0.29, 0.717) is 5.92 Å². The largest absolute Gasteiger partial charge is 0.355 e. The molecule has 152 valence electrons. The first kappa shape index (κ1) is 18.3. The van der Waals surface area contributed by atoms with E-state index >= 15 is 0 Å². The highest BCUT2D eigenvalue weighted by molar-refractivity contribution is 5.87. The zero-order valence-corrected chi connectivity index (χ0v) is 17.1. The van der Waals surface area contributed by atoms with Crippen LogP contribution >= 0.6 is 0 Å². The van der Waals surface area contributed by atoms with Gasteiger partial charge < -0.3 is 15.5 Å². The number of nitrogens with zero attached hydrogens (tertiary/aromatic N) is 6. The maximum atomic E-state index is 5.94. The Hall–Kier alpha value is -2.74. The van der Waals surface area contributed by atoms with Gasteiger partial charge in [-0.05, 0) is 43.4 Å². The minimum atomic E-state index is 0.238. The highest BCUT2D eigenvalue weighted by Crippen LogP contribution is 2.39. The molecule has 2 aliphatic heterocycles. The van der Waals surface area contributed by atoms with Crippen molar-refractivity contribution in [1.82, 2.24) is 25.1 Å². The Kier molecular flexibility index (Phi) is 4.38. The lowest BCUT2D eigenvalue weighted by atomic mass is 9.80. The van der Waals surface area contributed by atoms with Crippen LogP contribution in [0.25, 0.3) is 11.2 Å². The summed E-state index contributed by atoms with van der Waals surface area (Å²) < 4.78 is 0. The number of aromatic amines is 1. The van der Waals surface area contributed by atoms with Crippen LogP contribution in [0.15, 0.2) is 24.5 Å². The predicted molar refractivity (Wildman–Crippen MR) is 115 cm³/mol. The Morgan fingerprint density at radius 3 is 2.86 bits per heavy atom. The van der Waals surface area contributed by atoms with Crippen LogP contribution in [0.1, 0.15) is 44.7 Å². The highest BCUT2D eigenvalue weighted by atomic mass is 15.3. The standard InChI is InChI=1S/C21H28N8/c1-14-5-9-29(15-4-3-8-23-17(14)15)20-18-19(26-27-20)25-16(12-24-18)28-10-6-21(2,13-22)7-11-28/h3-4,8,12,14H,5-7,9-11,13,22H2,1-2H3,(H,25,26,27). The van der Waals surface area contributed by atoms with Crippen molar-refractivity contribution in [3.63, 3.8) is 0 Å². The van der Waals surface area contributed by atoms with E-state index in [1.807, 2.05) is 18.5 Å². The van der Waals surface area contributed by atoms with E-state index in [2.05, 4.69) is 44.9 Å². The number of hydrogen-bond donors (Lipinski definition) is 2. The van der Waals surface area contributed by atoms with E-state index in [-0.39, 0.29) is 5.41 Å². The van der Waals surface area contributed by atoms with Crippen molar-refractivity contribution in [2.45, 2.75) is 39.0 Å². The van der Waals surface area contributed by atoms with Crippen molar-refractivity contribution >= 4 is 28.5 Å². The van der Waals surface area contributed by atoms with E-state index < -0.39 is 0 Å². The third-order valence-corrected chi connectivity index (χ3v) is 6.64. The van der Waals surface area contributed by atoms with Gasteiger partial charge in [-0.15, -0.1) is 0 Å². The van der Waals surface area contributed by atoms with Crippen LogP contribution in [0.4, 0.5) is 17.3 Å². The molecule has 0 radical (unpaired) electrons. The van der Waals surface area contributed by atoms with Gasteiger partial charge >= 0.3 is 0 Å². The number of nitrogens with one attached hydrogen (secondary N) is 1. The first-order valence-corrected chi connectivity index (χ1v) is 10.5. The maximum absolute atomic E-state index is 5.94. The second-order valence-corrected chi connectivity index (χ2v) is 8.72. The molecule has 1 unspecified atom stereocenters. The fourth-order valence-electron chi connectivity index (χ4n) is 4.42. The van der Waals surface area contributed by atoms with Crippen LogP contribution in [0.5, 0.6) is 0 Å². The first-order valence-electron chi connectivity index (χ1n) is 10.5. The van der Waals surface area contributed by atoms with Crippen molar-refractivity contribution in [2.75, 3.05) is 36.0 Å². The number of H-pyrrole nitrogens is 1. The molecule has 0 spiro atoms. The van der Waals surface area contributed by atoms with E-state index in [9.17, 15) is 0 Å². The number of hydrogen-bond acceptors (Lipinski definition) is 7. The third kappa shape index (κ3) is 3.11. The number of anilines is 3. The molecule has 0 amide bonds. The molecule has 8 nitrogen and oxygen atoms in total. The summed E-state index contributed by atoms with van der Waals surface area (Å²) in [4.78, 5) is 18.7. The van der Waals surface area contributed by atoms with Crippen molar-refractivity contribution in [3.8, 4) is 0 Å². The van der Waals surface area contributed by atoms with Gasteiger partial charge in [0.05, 0.1) is 17.6 Å². The molecular weight excluding hydrogens is 364 g/mol. The first-order chi connectivity index (χ1) is 14.1. The Morgan fingerprint density at radius 1 is 1.24 bits per heavy atom. The summed E-state index contributed by atoms with van der Waals surface area (Å²) in [6.45, 7) is 8.04. The van der Waals surface area contributed by atoms with Crippen molar-refractivity contribution in [2.24, 2.45) is 11.1 Å². The van der Waals surface area contributed by atoms with Crippen LogP contribution in [0.2, 0.25) is 0 Å². The molecule has 1 atom stereocenters. The lowest BCUT2D eigenvalue weighted by molar-refractivity contribution is 0.258. The molecule has 3 aromatic heterocycles. The zero-order valence-electron chi connectivity index (χ0n) is 17.1. The van der Waals surface area contributed by atoms with Crippen molar-refractivity contribution in [3.05, 3.63) is 30.2 Å². The minimum absolute atomic E-state index is 0.238. The number of piperidine rings is 1. The van der Waals surface area contributed by atoms with Crippen LogP contribution in [0.3, 0.4) is 0 Å². The molecule has 0 aromatic carbocycles. The molecule has 29 heavy (non-hydrogen) atoms. The van der Waals surface area contributed by atoms with Crippen LogP contribution < -0.4 is 15.5 Å². The molecule has 1 saturated heterocycles. The quantitative estimate of drug-likeness (QED) is 0.707. The molecule has 1 fully saturated rings. The normalized spacial score (nSPS) is 21.4. The van der Waals surface area contributed by atoms with Gasteiger partial charge in [-0.3, -0.25) is 10.1 Å². The zero-order chi connectivity index (χ0) is 20.0. The van der Waals surface area contributed by atoms with Gasteiger partial charge in [0.2, 0.25) is 0 Å². The lowest BCUT2D eigenvalue weighted by Gasteiger charge is -2.39. The predicted octanol–water partition coefficient (Wildman–Crippen LogP) is 2.96. The molecule has 0 saturated carbocycles. The summed E-state index contributed by atoms with van der Waals surface area (Å²) in [5.74, 6) is 2.18. The van der Waals surface area contributed by atoms with Crippen LogP contribution in [-0.2, 0) is 0 Å². The molecule has 5 rings (SSSR count). The van der Waals surface area contributed by atoms with Gasteiger partial charge in [0, 0.05) is 31.7 Å². The molecule has 0 bridgehead atoms. The van der Waals surface area contributed by atoms with E-state index in [4.69, 9.17) is 15.7 Å². The smallest absolute Gasteiger partial charge is 0.183 e. The topological polar surface area (TPSA) is 99.9 Å². The third-order valence-electron chi connectivity index (χ3n) is 6.64. The SMILES string of the molecule is CC1CCN(c2n[nH]c3nc(N4CCC(C)(CN)CC4)cnc23)c2cccnc21. The summed E-state index contributed by atoms with van der Waals surface area (Å²) in [5.41, 5.74) is 9.95. The molecule has 8 heteroatoms. The number of nitrogens with two attached hydrogens (primary N) is 1. The second-order valence-electron chi connectivity index (χ2n) is 8.72. The van der Waals surface area contributed by atoms with Gasteiger partial charge in [0.1, 0.15) is 5.82 Å². The van der Waals surface area contributed by atoms with Gasteiger partial charge in [0.25, 0.3) is 0 Å². The average molecular weight is 393 g/mol. The van der Waals surface area contributed by atoms with Crippen LogP contribution in [0, 0.1) is 5.41 Å². The summed E-state index contributed by atoms with van der Waals surface area (Å²) in [7, 11) is 0. The van der Waals surface area contributed by atoms with Crippen molar-refractivity contribution in [1.29, 1.82) is 0 Å². The summed E-state index contributed by atoms with van der Waals surface area (Å²) in [6.07, 6.45) is 6.93. The number of rotatable bonds is 3. The Morgan fingerprint density at radius 2 is 2.07 bits per heavy atom. The fourth-order valence-corrected chi connectivity index (χ4v) is 4.42. The van der Waals surface area contributed by atoms with Gasteiger partial charge in [0.15, 0.2) is 17.0 Å². The second kappa shape index (κ2) is 6.95. The van der Waals surface area contributed by atoms with Gasteiger partial charge in [-0.1, -0.05) is 13.8 Å². The maximum Gasteiger partial charge on any atom is 0.183 e. The van der Waals surface area contributed by atoms with Gasteiger partial charge in [-0.25, -0.2) is 9.97 Å². The van der Waals surface area contributed by atoms with Gasteiger partial charge in [-0.2, -0.15) is 5.10 Å².